The molecule has 1 atom stereocenters. The maximum Gasteiger partial charge on any atom is 0.327 e. The zero-order chi connectivity index (χ0) is 12.3. The Balaban J connectivity index is 2.27. The summed E-state index contributed by atoms with van der Waals surface area (Å²) in [7, 11) is 3.05. The third kappa shape index (κ3) is 2.42. The molecule has 0 N–H and O–H groups in total. The number of rotatable bonds is 4. The Morgan fingerprint density at radius 2 is 2.12 bits per heavy atom. The predicted molar refractivity (Wildman–Crippen MR) is 63.9 cm³/mol. The molecule has 4 nitrogen and oxygen atoms in total. The van der Waals surface area contributed by atoms with Gasteiger partial charge >= 0.3 is 5.97 Å². The number of nitrogens with zero attached hydrogens (tertiary/aromatic N) is 1. The first-order valence-electron chi connectivity index (χ1n) is 5.72. The minimum absolute atomic E-state index is 0.210. The number of hydrogen-bond donors (Lipinski definition) is 0. The summed E-state index contributed by atoms with van der Waals surface area (Å²) in [5, 5.41) is 0. The highest BCUT2D eigenvalue weighted by atomic mass is 16.5. The number of likely N-dealkylation sites (tertiary alicyclic amines) is 1. The number of benzene rings is 1. The van der Waals surface area contributed by atoms with Crippen LogP contribution in [0, 0.1) is 0 Å². The van der Waals surface area contributed by atoms with Crippen molar-refractivity contribution >= 4 is 5.97 Å². The number of carbonyl (C=O) groups is 1. The van der Waals surface area contributed by atoms with Crippen molar-refractivity contribution in [1.82, 2.24) is 4.90 Å². The highest BCUT2D eigenvalue weighted by Crippen LogP contribution is 2.28. The third-order valence-electron chi connectivity index (χ3n) is 3.09. The van der Waals surface area contributed by atoms with Crippen molar-refractivity contribution in [2.75, 3.05) is 27.3 Å². The molecule has 0 aromatic heterocycles. The quantitative estimate of drug-likeness (QED) is 0.743. The van der Waals surface area contributed by atoms with Gasteiger partial charge in [-0.1, -0.05) is 12.1 Å². The Bertz CT molecular complexity index is 401. The van der Waals surface area contributed by atoms with Crippen LogP contribution < -0.4 is 4.74 Å². The van der Waals surface area contributed by atoms with Crippen molar-refractivity contribution in [3.8, 4) is 5.75 Å². The summed E-state index contributed by atoms with van der Waals surface area (Å²) in [4.78, 5) is 14.0. The number of ether oxygens (including phenoxy) is 2. The van der Waals surface area contributed by atoms with Crippen LogP contribution in [0.25, 0.3) is 0 Å². The zero-order valence-corrected chi connectivity index (χ0v) is 10.2. The monoisotopic (exact) mass is 235 g/mol. The smallest absolute Gasteiger partial charge is 0.327 e. The lowest BCUT2D eigenvalue weighted by Gasteiger charge is -2.36. The van der Waals surface area contributed by atoms with Gasteiger partial charge in [-0.15, -0.1) is 0 Å². The first-order chi connectivity index (χ1) is 8.26. The van der Waals surface area contributed by atoms with Gasteiger partial charge in [-0.2, -0.15) is 0 Å². The molecule has 0 aliphatic carbocycles. The van der Waals surface area contributed by atoms with E-state index in [0.29, 0.717) is 0 Å². The van der Waals surface area contributed by atoms with E-state index in [1.54, 1.807) is 7.11 Å². The van der Waals surface area contributed by atoms with E-state index in [1.807, 2.05) is 24.3 Å². The number of hydrogen-bond acceptors (Lipinski definition) is 4. The Morgan fingerprint density at radius 3 is 2.65 bits per heavy atom. The lowest BCUT2D eigenvalue weighted by Crippen LogP contribution is -2.43. The molecule has 1 unspecified atom stereocenters. The highest BCUT2D eigenvalue weighted by molar-refractivity contribution is 5.77. The summed E-state index contributed by atoms with van der Waals surface area (Å²) in [6, 6.07) is 7.28. The van der Waals surface area contributed by atoms with Crippen LogP contribution in [0.3, 0.4) is 0 Å². The van der Waals surface area contributed by atoms with E-state index in [-0.39, 0.29) is 12.0 Å². The molecule has 0 radical (unpaired) electrons. The summed E-state index contributed by atoms with van der Waals surface area (Å²) >= 11 is 0. The van der Waals surface area contributed by atoms with Crippen molar-refractivity contribution in [3.63, 3.8) is 0 Å². The molecule has 1 saturated heterocycles. The Hall–Kier alpha value is -1.55. The fourth-order valence-electron chi connectivity index (χ4n) is 2.02. The van der Waals surface area contributed by atoms with Crippen molar-refractivity contribution in [2.24, 2.45) is 0 Å². The first-order valence-corrected chi connectivity index (χ1v) is 5.72. The molecule has 2 rings (SSSR count). The molecule has 4 heteroatoms. The molecule has 1 heterocycles. The van der Waals surface area contributed by atoms with Gasteiger partial charge in [0.1, 0.15) is 11.8 Å². The van der Waals surface area contributed by atoms with E-state index < -0.39 is 0 Å². The van der Waals surface area contributed by atoms with E-state index in [0.717, 1.165) is 30.8 Å². The van der Waals surface area contributed by atoms with Crippen LogP contribution in [-0.2, 0) is 9.53 Å². The lowest BCUT2D eigenvalue weighted by atomic mass is 10.0. The number of methoxy groups -OCH3 is 2. The SMILES string of the molecule is COC(=O)C(c1cccc(OC)c1)N1CCC1. The van der Waals surface area contributed by atoms with Gasteiger partial charge in [0, 0.05) is 13.1 Å². The molecule has 0 amide bonds. The molecule has 92 valence electrons. The van der Waals surface area contributed by atoms with Gasteiger partial charge < -0.3 is 9.47 Å². The van der Waals surface area contributed by atoms with Gasteiger partial charge in [0.05, 0.1) is 14.2 Å². The predicted octanol–water partition coefficient (Wildman–Crippen LogP) is 1.61. The molecule has 0 saturated carbocycles. The zero-order valence-electron chi connectivity index (χ0n) is 10.2. The summed E-state index contributed by atoms with van der Waals surface area (Å²) in [5.41, 5.74) is 0.927. The topological polar surface area (TPSA) is 38.8 Å². The number of carbonyl (C=O) groups excluding carboxylic acids is 1. The van der Waals surface area contributed by atoms with Gasteiger partial charge in [0.15, 0.2) is 0 Å². The Labute approximate surface area is 101 Å². The van der Waals surface area contributed by atoms with Crippen molar-refractivity contribution < 1.29 is 14.3 Å². The molecule has 17 heavy (non-hydrogen) atoms. The van der Waals surface area contributed by atoms with E-state index in [2.05, 4.69) is 4.90 Å². The van der Waals surface area contributed by atoms with E-state index in [4.69, 9.17) is 9.47 Å². The lowest BCUT2D eigenvalue weighted by molar-refractivity contribution is -0.149. The second-order valence-corrected chi connectivity index (χ2v) is 4.09. The summed E-state index contributed by atoms with van der Waals surface area (Å²) in [5.74, 6) is 0.551. The average molecular weight is 235 g/mol. The van der Waals surface area contributed by atoms with Gasteiger partial charge in [-0.05, 0) is 24.1 Å². The van der Waals surface area contributed by atoms with E-state index in [1.165, 1.54) is 7.11 Å². The van der Waals surface area contributed by atoms with E-state index >= 15 is 0 Å². The van der Waals surface area contributed by atoms with Gasteiger partial charge in [0.2, 0.25) is 0 Å². The molecular formula is C13H17NO3. The molecule has 1 aliphatic heterocycles. The van der Waals surface area contributed by atoms with Crippen molar-refractivity contribution in [1.29, 1.82) is 0 Å². The minimum atomic E-state index is -0.302. The van der Waals surface area contributed by atoms with Gasteiger partial charge in [0.25, 0.3) is 0 Å². The maximum absolute atomic E-state index is 11.8. The van der Waals surface area contributed by atoms with Crippen LogP contribution in [0.15, 0.2) is 24.3 Å². The second-order valence-electron chi connectivity index (χ2n) is 4.09. The molecular weight excluding hydrogens is 218 g/mol. The maximum atomic E-state index is 11.8. The van der Waals surface area contributed by atoms with Crippen molar-refractivity contribution in [2.45, 2.75) is 12.5 Å². The minimum Gasteiger partial charge on any atom is -0.497 e. The normalized spacial score (nSPS) is 17.1. The fraction of sp³-hybridized carbons (Fsp3) is 0.462. The second kappa shape index (κ2) is 5.19. The number of esters is 1. The molecule has 1 aromatic rings. The summed E-state index contributed by atoms with van der Waals surface area (Å²) < 4.78 is 10.1. The van der Waals surface area contributed by atoms with Crippen LogP contribution in [0.1, 0.15) is 18.0 Å². The van der Waals surface area contributed by atoms with Crippen LogP contribution in [0.2, 0.25) is 0 Å². The van der Waals surface area contributed by atoms with Crippen LogP contribution in [0.5, 0.6) is 5.75 Å². The Kier molecular flexibility index (Phi) is 3.64. The molecule has 1 fully saturated rings. The van der Waals surface area contributed by atoms with Crippen LogP contribution >= 0.6 is 0 Å². The van der Waals surface area contributed by atoms with Crippen molar-refractivity contribution in [3.05, 3.63) is 29.8 Å². The summed E-state index contributed by atoms with van der Waals surface area (Å²) in [6.45, 7) is 1.88. The first kappa shape index (κ1) is 11.9. The Morgan fingerprint density at radius 1 is 1.35 bits per heavy atom. The molecule has 0 bridgehead atoms. The van der Waals surface area contributed by atoms with Crippen LogP contribution in [0.4, 0.5) is 0 Å². The average Bonchev–Trinajstić information content (AvgIpc) is 2.32. The third-order valence-corrected chi connectivity index (χ3v) is 3.09. The summed E-state index contributed by atoms with van der Waals surface area (Å²) in [6.07, 6.45) is 1.14. The molecule has 0 spiro atoms. The van der Waals surface area contributed by atoms with E-state index in [9.17, 15) is 4.79 Å². The molecule has 1 aliphatic rings. The largest absolute Gasteiger partial charge is 0.497 e. The standard InChI is InChI=1S/C13H17NO3/c1-16-11-6-3-5-10(9-11)12(13(15)17-2)14-7-4-8-14/h3,5-6,9,12H,4,7-8H2,1-2H3. The van der Waals surface area contributed by atoms with Gasteiger partial charge in [-0.25, -0.2) is 4.79 Å². The molecule has 1 aromatic carbocycles. The highest BCUT2D eigenvalue weighted by Gasteiger charge is 2.32. The van der Waals surface area contributed by atoms with Gasteiger partial charge in [-0.3, -0.25) is 4.90 Å². The fourth-order valence-corrected chi connectivity index (χ4v) is 2.02. The van der Waals surface area contributed by atoms with Crippen LogP contribution in [-0.4, -0.2) is 38.2 Å².